The molecule has 170 valence electrons. The van der Waals surface area contributed by atoms with Gasteiger partial charge in [0.2, 0.25) is 0 Å². The Balaban J connectivity index is 1.47. The normalized spacial score (nSPS) is 14.7. The van der Waals surface area contributed by atoms with Gasteiger partial charge >= 0.3 is 6.18 Å². The molecule has 0 radical (unpaired) electrons. The maximum atomic E-state index is 15.1. The minimum atomic E-state index is -4.66. The summed E-state index contributed by atoms with van der Waals surface area (Å²) < 4.78 is 60.3. The Labute approximate surface area is 184 Å². The molecule has 0 atom stereocenters. The molecule has 0 spiro atoms. The van der Waals surface area contributed by atoms with Gasteiger partial charge in [-0.05, 0) is 12.1 Å². The van der Waals surface area contributed by atoms with E-state index in [4.69, 9.17) is 4.74 Å². The van der Waals surface area contributed by atoms with Crippen molar-refractivity contribution in [1.29, 1.82) is 0 Å². The Morgan fingerprint density at radius 3 is 2.67 bits per heavy atom. The number of benzene rings is 1. The maximum absolute atomic E-state index is 15.1. The number of nitrogens with zero attached hydrogens (tertiary/aromatic N) is 3. The molecule has 1 saturated heterocycles. The van der Waals surface area contributed by atoms with Crippen molar-refractivity contribution in [2.24, 2.45) is 0 Å². The van der Waals surface area contributed by atoms with Crippen LogP contribution in [0, 0.1) is 5.82 Å². The van der Waals surface area contributed by atoms with Crippen molar-refractivity contribution in [2.45, 2.75) is 6.18 Å². The fraction of sp³-hybridized carbons (Fsp3) is 0.227. The first-order valence-corrected chi connectivity index (χ1v) is 10.1. The standard InChI is InChI=1S/C22H17F4N5O2/c23-17-18-16(11-28-21(17)31-5-7-33-8-6-31)29-20(30-18)15-9-12(10-27-15)19(32)13-3-1-2-4-14(13)22(24,25)26/h1-4,9-11,27H,5-8H2,(H,29,30). The SMILES string of the molecule is O=C(c1c[nH]c(-c2nc3c(F)c(N4CCOCC4)ncc3[nH]2)c1)c1ccccc1C(F)(F)F. The Hall–Kier alpha value is -3.73. The molecule has 7 nitrogen and oxygen atoms in total. The Bertz CT molecular complexity index is 1340. The molecule has 0 aliphatic carbocycles. The largest absolute Gasteiger partial charge is 0.417 e. The second-order valence-corrected chi connectivity index (χ2v) is 7.52. The van der Waals surface area contributed by atoms with Crippen molar-refractivity contribution in [1.82, 2.24) is 19.9 Å². The lowest BCUT2D eigenvalue weighted by Gasteiger charge is -2.27. The van der Waals surface area contributed by atoms with Crippen LogP contribution in [-0.2, 0) is 10.9 Å². The number of rotatable bonds is 4. The van der Waals surface area contributed by atoms with Gasteiger partial charge in [0.05, 0.1) is 36.2 Å². The van der Waals surface area contributed by atoms with Crippen LogP contribution in [0.25, 0.3) is 22.6 Å². The average molecular weight is 459 g/mol. The van der Waals surface area contributed by atoms with Gasteiger partial charge in [-0.25, -0.2) is 14.4 Å². The Kier molecular flexibility index (Phi) is 5.12. The number of anilines is 1. The van der Waals surface area contributed by atoms with E-state index in [9.17, 15) is 18.0 Å². The van der Waals surface area contributed by atoms with E-state index in [1.54, 1.807) is 4.90 Å². The van der Waals surface area contributed by atoms with Gasteiger partial charge in [0.1, 0.15) is 5.52 Å². The van der Waals surface area contributed by atoms with Crippen molar-refractivity contribution >= 4 is 22.6 Å². The van der Waals surface area contributed by atoms with Crippen LogP contribution >= 0.6 is 0 Å². The lowest BCUT2D eigenvalue weighted by molar-refractivity contribution is -0.137. The topological polar surface area (TPSA) is 86.9 Å². The third-order valence-electron chi connectivity index (χ3n) is 5.44. The number of pyridine rings is 1. The number of aromatic nitrogens is 4. The number of aromatic amines is 2. The van der Waals surface area contributed by atoms with Gasteiger partial charge in [0, 0.05) is 30.4 Å². The van der Waals surface area contributed by atoms with E-state index in [0.717, 1.165) is 12.1 Å². The molecule has 3 aromatic heterocycles. The molecule has 11 heteroatoms. The number of carbonyl (C=O) groups is 1. The van der Waals surface area contributed by atoms with Gasteiger partial charge in [-0.3, -0.25) is 4.79 Å². The number of halogens is 4. The lowest BCUT2D eigenvalue weighted by atomic mass is 9.99. The molecule has 0 unspecified atom stereocenters. The molecular formula is C22H17F4N5O2. The quantitative estimate of drug-likeness (QED) is 0.353. The zero-order chi connectivity index (χ0) is 23.2. The number of morpholine rings is 1. The summed E-state index contributed by atoms with van der Waals surface area (Å²) in [7, 11) is 0. The van der Waals surface area contributed by atoms with Crippen molar-refractivity contribution < 1.29 is 27.1 Å². The summed E-state index contributed by atoms with van der Waals surface area (Å²) in [6, 6.07) is 5.97. The number of hydrogen-bond donors (Lipinski definition) is 2. The molecule has 1 aromatic carbocycles. The van der Waals surface area contributed by atoms with E-state index in [0.29, 0.717) is 37.5 Å². The number of ether oxygens (including phenoxy) is 1. The summed E-state index contributed by atoms with van der Waals surface area (Å²) >= 11 is 0. The highest BCUT2D eigenvalue weighted by atomic mass is 19.4. The number of carbonyl (C=O) groups excluding carboxylic acids is 1. The molecule has 0 saturated carbocycles. The van der Waals surface area contributed by atoms with Gasteiger partial charge in [0.25, 0.3) is 0 Å². The molecule has 4 aromatic rings. The van der Waals surface area contributed by atoms with Gasteiger partial charge < -0.3 is 19.6 Å². The fourth-order valence-electron chi connectivity index (χ4n) is 3.80. The first kappa shape index (κ1) is 21.1. The van der Waals surface area contributed by atoms with Crippen LogP contribution in [0.4, 0.5) is 23.4 Å². The van der Waals surface area contributed by atoms with E-state index in [2.05, 4.69) is 19.9 Å². The first-order chi connectivity index (χ1) is 15.8. The molecule has 33 heavy (non-hydrogen) atoms. The first-order valence-electron chi connectivity index (χ1n) is 10.1. The average Bonchev–Trinajstić information content (AvgIpc) is 3.47. The third kappa shape index (κ3) is 3.84. The highest BCUT2D eigenvalue weighted by Gasteiger charge is 2.35. The zero-order valence-electron chi connectivity index (χ0n) is 17.0. The molecule has 1 aliphatic heterocycles. The van der Waals surface area contributed by atoms with Crippen molar-refractivity contribution in [3.05, 3.63) is 65.2 Å². The monoisotopic (exact) mass is 459 g/mol. The van der Waals surface area contributed by atoms with E-state index < -0.39 is 28.9 Å². The van der Waals surface area contributed by atoms with Crippen molar-refractivity contribution in [2.75, 3.05) is 31.2 Å². The second-order valence-electron chi connectivity index (χ2n) is 7.52. The van der Waals surface area contributed by atoms with Gasteiger partial charge in [-0.2, -0.15) is 13.2 Å². The predicted molar refractivity (Wildman–Crippen MR) is 112 cm³/mol. The molecule has 1 aliphatic rings. The molecule has 4 heterocycles. The summed E-state index contributed by atoms with van der Waals surface area (Å²) in [6.45, 7) is 1.96. The minimum Gasteiger partial charge on any atom is -0.378 e. The number of imidazole rings is 1. The molecule has 1 fully saturated rings. The summed E-state index contributed by atoms with van der Waals surface area (Å²) in [5.41, 5.74) is -0.687. The van der Waals surface area contributed by atoms with Crippen molar-refractivity contribution in [3.63, 3.8) is 0 Å². The van der Waals surface area contributed by atoms with Gasteiger partial charge in [-0.15, -0.1) is 0 Å². The van der Waals surface area contributed by atoms with Crippen LogP contribution in [0.1, 0.15) is 21.5 Å². The lowest BCUT2D eigenvalue weighted by Crippen LogP contribution is -2.37. The Morgan fingerprint density at radius 2 is 1.91 bits per heavy atom. The number of ketones is 1. The van der Waals surface area contributed by atoms with Crippen LogP contribution in [0.3, 0.4) is 0 Å². The number of fused-ring (bicyclic) bond motifs is 1. The fourth-order valence-corrected chi connectivity index (χ4v) is 3.80. The molecule has 2 N–H and O–H groups in total. The van der Waals surface area contributed by atoms with Crippen LogP contribution < -0.4 is 4.90 Å². The van der Waals surface area contributed by atoms with Crippen LogP contribution in [0.15, 0.2) is 42.7 Å². The number of H-pyrrole nitrogens is 2. The molecule has 0 bridgehead atoms. The van der Waals surface area contributed by atoms with E-state index in [1.807, 2.05) is 0 Å². The van der Waals surface area contributed by atoms with Gasteiger partial charge in [-0.1, -0.05) is 18.2 Å². The molecule has 0 amide bonds. The molecular weight excluding hydrogens is 442 g/mol. The number of nitrogens with one attached hydrogen (secondary N) is 2. The Morgan fingerprint density at radius 1 is 1.15 bits per heavy atom. The third-order valence-corrected chi connectivity index (χ3v) is 5.44. The van der Waals surface area contributed by atoms with Crippen molar-refractivity contribution in [3.8, 4) is 11.5 Å². The maximum Gasteiger partial charge on any atom is 0.417 e. The van der Waals surface area contributed by atoms with Crippen LogP contribution in [0.5, 0.6) is 0 Å². The van der Waals surface area contributed by atoms with E-state index in [1.165, 1.54) is 30.6 Å². The van der Waals surface area contributed by atoms with E-state index >= 15 is 4.39 Å². The predicted octanol–water partition coefficient (Wildman–Crippen LogP) is 4.18. The van der Waals surface area contributed by atoms with Crippen LogP contribution in [0.2, 0.25) is 0 Å². The van der Waals surface area contributed by atoms with E-state index in [-0.39, 0.29) is 22.7 Å². The summed E-state index contributed by atoms with van der Waals surface area (Å²) in [5, 5.41) is 0. The zero-order valence-corrected chi connectivity index (χ0v) is 17.0. The molecule has 5 rings (SSSR count). The minimum absolute atomic E-state index is 0.0229. The highest BCUT2D eigenvalue weighted by molar-refractivity contribution is 6.10. The second kappa shape index (κ2) is 8.00. The summed E-state index contributed by atoms with van der Waals surface area (Å²) in [4.78, 5) is 28.8. The number of hydrogen-bond acceptors (Lipinski definition) is 5. The van der Waals surface area contributed by atoms with Crippen LogP contribution in [-0.4, -0.2) is 52.0 Å². The summed E-state index contributed by atoms with van der Waals surface area (Å²) in [5.74, 6) is -0.967. The van der Waals surface area contributed by atoms with Gasteiger partial charge in [0.15, 0.2) is 23.2 Å². The smallest absolute Gasteiger partial charge is 0.378 e. The number of alkyl halides is 3. The highest BCUT2D eigenvalue weighted by Crippen LogP contribution is 2.33. The summed E-state index contributed by atoms with van der Waals surface area (Å²) in [6.07, 6.45) is -1.90.